The number of aryl methyl sites for hydroxylation is 1. The second-order valence-corrected chi connectivity index (χ2v) is 7.42. The number of nitrogens with zero attached hydrogens (tertiary/aromatic N) is 4. The van der Waals surface area contributed by atoms with Crippen molar-refractivity contribution in [3.63, 3.8) is 0 Å². The summed E-state index contributed by atoms with van der Waals surface area (Å²) in [5.41, 5.74) is 1.08. The topological polar surface area (TPSA) is 81.5 Å². The van der Waals surface area contributed by atoms with E-state index in [2.05, 4.69) is 20.1 Å². The van der Waals surface area contributed by atoms with Crippen molar-refractivity contribution >= 4 is 5.91 Å². The average Bonchev–Trinajstić information content (AvgIpc) is 3.17. The van der Waals surface area contributed by atoms with E-state index in [1.54, 1.807) is 7.11 Å². The quantitative estimate of drug-likeness (QED) is 0.840. The number of fused-ring (bicyclic) bond motifs is 1. The molecule has 4 rings (SSSR count). The Morgan fingerprint density at radius 3 is 3.04 bits per heavy atom. The summed E-state index contributed by atoms with van der Waals surface area (Å²) in [5, 5.41) is 12.1. The molecular formula is C20H27N5O3. The Morgan fingerprint density at radius 2 is 2.18 bits per heavy atom. The van der Waals surface area contributed by atoms with Crippen molar-refractivity contribution in [2.75, 3.05) is 33.4 Å². The molecule has 0 unspecified atom stereocenters. The zero-order chi connectivity index (χ0) is 19.5. The molecule has 2 aliphatic rings. The van der Waals surface area contributed by atoms with Gasteiger partial charge in [0.05, 0.1) is 13.7 Å². The molecule has 1 fully saturated rings. The van der Waals surface area contributed by atoms with E-state index in [9.17, 15) is 4.79 Å². The van der Waals surface area contributed by atoms with Crippen LogP contribution in [0.5, 0.6) is 11.5 Å². The van der Waals surface area contributed by atoms with Crippen LogP contribution in [0, 0.1) is 6.92 Å². The fraction of sp³-hybridized carbons (Fsp3) is 0.550. The van der Waals surface area contributed by atoms with Crippen LogP contribution in [0.3, 0.4) is 0 Å². The Balaban J connectivity index is 1.39. The van der Waals surface area contributed by atoms with Gasteiger partial charge in [0.15, 0.2) is 18.1 Å². The summed E-state index contributed by atoms with van der Waals surface area (Å²) in [4.78, 5) is 14.6. The van der Waals surface area contributed by atoms with Gasteiger partial charge in [0.2, 0.25) is 0 Å². The Morgan fingerprint density at radius 1 is 1.29 bits per heavy atom. The molecular weight excluding hydrogens is 358 g/mol. The largest absolute Gasteiger partial charge is 0.493 e. The van der Waals surface area contributed by atoms with Crippen LogP contribution in [-0.2, 0) is 17.9 Å². The lowest BCUT2D eigenvalue weighted by Gasteiger charge is -2.32. The minimum atomic E-state index is -0.00706. The SMILES string of the molecule is COc1cc(C)ccc1OCC(=O)N1CCC[C@@H](c2nnc3n2CCNC3)C1. The van der Waals surface area contributed by atoms with Gasteiger partial charge in [-0.15, -0.1) is 10.2 Å². The first-order chi connectivity index (χ1) is 13.7. The Hall–Kier alpha value is -2.61. The summed E-state index contributed by atoms with van der Waals surface area (Å²) in [5.74, 6) is 3.45. The summed E-state index contributed by atoms with van der Waals surface area (Å²) in [7, 11) is 1.60. The van der Waals surface area contributed by atoms with Gasteiger partial charge < -0.3 is 24.3 Å². The summed E-state index contributed by atoms with van der Waals surface area (Å²) in [6, 6.07) is 5.69. The third kappa shape index (κ3) is 3.82. The second-order valence-electron chi connectivity index (χ2n) is 7.42. The molecule has 3 heterocycles. The number of likely N-dealkylation sites (tertiary alicyclic amines) is 1. The third-order valence-electron chi connectivity index (χ3n) is 5.46. The minimum Gasteiger partial charge on any atom is -0.493 e. The maximum atomic E-state index is 12.7. The molecule has 1 atom stereocenters. The molecule has 0 spiro atoms. The highest BCUT2D eigenvalue weighted by molar-refractivity contribution is 5.78. The summed E-state index contributed by atoms with van der Waals surface area (Å²) in [6.07, 6.45) is 1.99. The molecule has 1 aromatic carbocycles. The number of benzene rings is 1. The Bertz CT molecular complexity index is 850. The summed E-state index contributed by atoms with van der Waals surface area (Å²) in [6.45, 7) is 6.00. The number of carbonyl (C=O) groups is 1. The molecule has 28 heavy (non-hydrogen) atoms. The smallest absolute Gasteiger partial charge is 0.260 e. The molecule has 0 bridgehead atoms. The van der Waals surface area contributed by atoms with E-state index in [0.717, 1.165) is 56.2 Å². The van der Waals surface area contributed by atoms with Crippen LogP contribution in [-0.4, -0.2) is 58.9 Å². The third-order valence-corrected chi connectivity index (χ3v) is 5.46. The molecule has 8 heteroatoms. The van der Waals surface area contributed by atoms with Gasteiger partial charge in [-0.3, -0.25) is 4.79 Å². The predicted octanol–water partition coefficient (Wildman–Crippen LogP) is 1.48. The van der Waals surface area contributed by atoms with Crippen LogP contribution >= 0.6 is 0 Å². The molecule has 8 nitrogen and oxygen atoms in total. The van der Waals surface area contributed by atoms with Gasteiger partial charge in [0.1, 0.15) is 11.6 Å². The lowest BCUT2D eigenvalue weighted by Crippen LogP contribution is -2.42. The van der Waals surface area contributed by atoms with Crippen molar-refractivity contribution < 1.29 is 14.3 Å². The average molecular weight is 385 g/mol. The van der Waals surface area contributed by atoms with Crippen LogP contribution < -0.4 is 14.8 Å². The first-order valence-corrected chi connectivity index (χ1v) is 9.83. The summed E-state index contributed by atoms with van der Waals surface area (Å²) < 4.78 is 13.3. The van der Waals surface area contributed by atoms with E-state index >= 15 is 0 Å². The molecule has 0 aliphatic carbocycles. The van der Waals surface area contributed by atoms with Crippen LogP contribution in [0.15, 0.2) is 18.2 Å². The van der Waals surface area contributed by atoms with Gasteiger partial charge in [-0.1, -0.05) is 6.07 Å². The van der Waals surface area contributed by atoms with Gasteiger partial charge in [0.25, 0.3) is 5.91 Å². The number of methoxy groups -OCH3 is 1. The minimum absolute atomic E-state index is 0.00706. The number of ether oxygens (including phenoxy) is 2. The lowest BCUT2D eigenvalue weighted by molar-refractivity contribution is -0.134. The van der Waals surface area contributed by atoms with Gasteiger partial charge in [0, 0.05) is 32.1 Å². The normalized spacial score (nSPS) is 19.2. The van der Waals surface area contributed by atoms with Gasteiger partial charge in [-0.05, 0) is 37.5 Å². The standard InChI is InChI=1S/C20H27N5O3/c1-14-5-6-16(17(10-14)27-2)28-13-19(26)24-8-3-4-15(12-24)20-23-22-18-11-21-7-9-25(18)20/h5-6,10,15,21H,3-4,7-9,11-13H2,1-2H3/t15-/m1/s1. The Labute approximate surface area is 164 Å². The highest BCUT2D eigenvalue weighted by Gasteiger charge is 2.29. The van der Waals surface area contributed by atoms with E-state index in [4.69, 9.17) is 9.47 Å². The number of rotatable bonds is 5. The fourth-order valence-electron chi connectivity index (χ4n) is 3.96. The lowest BCUT2D eigenvalue weighted by atomic mass is 9.97. The molecule has 1 amide bonds. The van der Waals surface area contributed by atoms with E-state index < -0.39 is 0 Å². The van der Waals surface area contributed by atoms with E-state index in [0.29, 0.717) is 18.0 Å². The van der Waals surface area contributed by atoms with Gasteiger partial charge in [-0.25, -0.2) is 0 Å². The zero-order valence-corrected chi connectivity index (χ0v) is 16.5. The predicted molar refractivity (Wildman–Crippen MR) is 104 cm³/mol. The van der Waals surface area contributed by atoms with Crippen molar-refractivity contribution in [1.29, 1.82) is 0 Å². The highest BCUT2D eigenvalue weighted by Crippen LogP contribution is 2.29. The molecule has 2 aliphatic heterocycles. The molecule has 2 aromatic rings. The van der Waals surface area contributed by atoms with Gasteiger partial charge in [-0.2, -0.15) is 0 Å². The van der Waals surface area contributed by atoms with E-state index in [1.165, 1.54) is 0 Å². The van der Waals surface area contributed by atoms with Crippen LogP contribution in [0.25, 0.3) is 0 Å². The molecule has 1 aromatic heterocycles. The number of amides is 1. The number of hydrogen-bond acceptors (Lipinski definition) is 6. The maximum Gasteiger partial charge on any atom is 0.260 e. The van der Waals surface area contributed by atoms with Crippen molar-refractivity contribution in [3.05, 3.63) is 35.4 Å². The Kier molecular flexibility index (Phi) is 5.47. The van der Waals surface area contributed by atoms with Crippen molar-refractivity contribution in [2.45, 2.75) is 38.8 Å². The van der Waals surface area contributed by atoms with E-state index in [-0.39, 0.29) is 18.4 Å². The molecule has 150 valence electrons. The number of piperidine rings is 1. The highest BCUT2D eigenvalue weighted by atomic mass is 16.5. The van der Waals surface area contributed by atoms with Crippen molar-refractivity contribution in [3.8, 4) is 11.5 Å². The number of nitrogens with one attached hydrogen (secondary N) is 1. The molecule has 0 saturated carbocycles. The van der Waals surface area contributed by atoms with Crippen LogP contribution in [0.1, 0.15) is 36.0 Å². The van der Waals surface area contributed by atoms with E-state index in [1.807, 2.05) is 30.0 Å². The fourth-order valence-corrected chi connectivity index (χ4v) is 3.96. The van der Waals surface area contributed by atoms with Crippen LogP contribution in [0.2, 0.25) is 0 Å². The first kappa shape index (κ1) is 18.7. The van der Waals surface area contributed by atoms with Crippen LogP contribution in [0.4, 0.5) is 0 Å². The van der Waals surface area contributed by atoms with Crippen molar-refractivity contribution in [1.82, 2.24) is 25.0 Å². The molecule has 1 saturated heterocycles. The molecule has 1 N–H and O–H groups in total. The maximum absolute atomic E-state index is 12.7. The summed E-state index contributed by atoms with van der Waals surface area (Å²) >= 11 is 0. The number of aromatic nitrogens is 3. The number of hydrogen-bond donors (Lipinski definition) is 1. The number of carbonyl (C=O) groups excluding carboxylic acids is 1. The monoisotopic (exact) mass is 385 g/mol. The zero-order valence-electron chi connectivity index (χ0n) is 16.5. The second kappa shape index (κ2) is 8.18. The first-order valence-electron chi connectivity index (χ1n) is 9.83. The van der Waals surface area contributed by atoms with Gasteiger partial charge >= 0.3 is 0 Å². The van der Waals surface area contributed by atoms with Crippen molar-refractivity contribution in [2.24, 2.45) is 0 Å². The molecule has 0 radical (unpaired) electrons.